The van der Waals surface area contributed by atoms with Gasteiger partial charge in [0.25, 0.3) is 0 Å². The molecule has 0 heterocycles. The molecule has 0 saturated heterocycles. The van der Waals surface area contributed by atoms with E-state index in [9.17, 15) is 9.59 Å². The van der Waals surface area contributed by atoms with E-state index >= 15 is 0 Å². The van der Waals surface area contributed by atoms with Crippen molar-refractivity contribution in [2.24, 2.45) is 0 Å². The number of aliphatic hydroxyl groups excluding tert-OH is 1. The van der Waals surface area contributed by atoms with Gasteiger partial charge >= 0.3 is 0 Å². The van der Waals surface area contributed by atoms with Gasteiger partial charge in [-0.05, 0) is 6.92 Å². The maximum atomic E-state index is 10.7. The predicted molar refractivity (Wildman–Crippen MR) is 43.4 cm³/mol. The van der Waals surface area contributed by atoms with Crippen LogP contribution in [0.3, 0.4) is 0 Å². The second kappa shape index (κ2) is 5.54. The van der Waals surface area contributed by atoms with E-state index in [2.05, 4.69) is 10.6 Å². The van der Waals surface area contributed by atoms with Gasteiger partial charge in [0, 0.05) is 20.0 Å². The van der Waals surface area contributed by atoms with Crippen molar-refractivity contribution in [2.45, 2.75) is 19.4 Å². The molecule has 0 aliphatic carbocycles. The average Bonchev–Trinajstić information content (AvgIpc) is 2.03. The molecule has 70 valence electrons. The third-order valence-electron chi connectivity index (χ3n) is 1.31. The molecule has 12 heavy (non-hydrogen) atoms. The Labute approximate surface area is 71.1 Å². The van der Waals surface area contributed by atoms with Crippen molar-refractivity contribution in [3.8, 4) is 0 Å². The molecule has 0 bridgehead atoms. The number of carbonyl (C=O) groups excluding carboxylic acids is 2. The van der Waals surface area contributed by atoms with Gasteiger partial charge < -0.3 is 15.7 Å². The Kier molecular flexibility index (Phi) is 5.03. The van der Waals surface area contributed by atoms with Crippen molar-refractivity contribution in [2.75, 3.05) is 13.6 Å². The Bertz CT molecular complexity index is 168. The van der Waals surface area contributed by atoms with Gasteiger partial charge in [0.15, 0.2) is 0 Å². The van der Waals surface area contributed by atoms with Crippen LogP contribution >= 0.6 is 0 Å². The molecule has 0 rings (SSSR count). The van der Waals surface area contributed by atoms with Crippen molar-refractivity contribution < 1.29 is 14.7 Å². The summed E-state index contributed by atoms with van der Waals surface area (Å²) < 4.78 is 0. The molecule has 0 spiro atoms. The summed E-state index contributed by atoms with van der Waals surface area (Å²) in [6, 6.07) is 0. The smallest absolute Gasteiger partial charge is 0.248 e. The average molecular weight is 174 g/mol. The number of rotatable bonds is 4. The normalized spacial score (nSPS) is 11.9. The molecule has 0 radical (unpaired) electrons. The minimum Gasteiger partial charge on any atom is -0.384 e. The summed E-state index contributed by atoms with van der Waals surface area (Å²) in [7, 11) is 1.53. The Morgan fingerprint density at radius 1 is 1.50 bits per heavy atom. The maximum absolute atomic E-state index is 10.7. The predicted octanol–water partition coefficient (Wildman–Crippen LogP) is -1.38. The molecule has 2 amide bonds. The molecule has 0 fully saturated rings. The van der Waals surface area contributed by atoms with Crippen molar-refractivity contribution >= 4 is 11.8 Å². The van der Waals surface area contributed by atoms with Gasteiger partial charge in [-0.1, -0.05) is 0 Å². The monoisotopic (exact) mass is 174 g/mol. The number of hydrogen-bond donors (Lipinski definition) is 3. The standard InChI is InChI=1S/C7H14N2O3/c1-5(10)7(12)9-4-3-6(11)8-2/h5,10H,3-4H2,1-2H3,(H,8,11)(H,9,12). The fourth-order valence-corrected chi connectivity index (χ4v) is 0.572. The first-order valence-electron chi connectivity index (χ1n) is 3.74. The van der Waals surface area contributed by atoms with Gasteiger partial charge in [-0.15, -0.1) is 0 Å². The van der Waals surface area contributed by atoms with E-state index in [4.69, 9.17) is 5.11 Å². The van der Waals surface area contributed by atoms with E-state index in [1.807, 2.05) is 0 Å². The molecule has 0 aromatic rings. The highest BCUT2D eigenvalue weighted by molar-refractivity contribution is 5.81. The van der Waals surface area contributed by atoms with E-state index < -0.39 is 12.0 Å². The third kappa shape index (κ3) is 4.68. The van der Waals surface area contributed by atoms with Crippen LogP contribution < -0.4 is 10.6 Å². The van der Waals surface area contributed by atoms with Crippen molar-refractivity contribution in [3.63, 3.8) is 0 Å². The van der Waals surface area contributed by atoms with E-state index in [0.29, 0.717) is 0 Å². The molecule has 5 heteroatoms. The lowest BCUT2D eigenvalue weighted by atomic mass is 10.3. The molecular formula is C7H14N2O3. The quantitative estimate of drug-likeness (QED) is 0.491. The molecule has 1 atom stereocenters. The molecule has 0 aliphatic rings. The summed E-state index contributed by atoms with van der Waals surface area (Å²) >= 11 is 0. The first kappa shape index (κ1) is 10.9. The summed E-state index contributed by atoms with van der Waals surface area (Å²) in [5, 5.41) is 13.5. The molecule has 1 unspecified atom stereocenters. The lowest BCUT2D eigenvalue weighted by Crippen LogP contribution is -2.35. The van der Waals surface area contributed by atoms with Crippen LogP contribution in [0, 0.1) is 0 Å². The zero-order chi connectivity index (χ0) is 9.56. The first-order chi connectivity index (χ1) is 5.57. The lowest BCUT2D eigenvalue weighted by molar-refractivity contribution is -0.128. The zero-order valence-corrected chi connectivity index (χ0v) is 7.26. The summed E-state index contributed by atoms with van der Waals surface area (Å²) in [5.41, 5.74) is 0. The minimum atomic E-state index is -1.02. The number of nitrogens with one attached hydrogen (secondary N) is 2. The highest BCUT2D eigenvalue weighted by Gasteiger charge is 2.07. The van der Waals surface area contributed by atoms with Crippen LogP contribution in [0.25, 0.3) is 0 Å². The van der Waals surface area contributed by atoms with Crippen LogP contribution in [-0.2, 0) is 9.59 Å². The molecule has 0 aromatic heterocycles. The second-order valence-corrected chi connectivity index (χ2v) is 2.39. The molecule has 5 nitrogen and oxygen atoms in total. The van der Waals surface area contributed by atoms with Gasteiger partial charge in [-0.3, -0.25) is 9.59 Å². The van der Waals surface area contributed by atoms with Crippen LogP contribution in [0.15, 0.2) is 0 Å². The number of amides is 2. The zero-order valence-electron chi connectivity index (χ0n) is 7.26. The maximum Gasteiger partial charge on any atom is 0.248 e. The Hall–Kier alpha value is -1.10. The molecule has 0 aromatic carbocycles. The Morgan fingerprint density at radius 2 is 2.08 bits per heavy atom. The Morgan fingerprint density at radius 3 is 2.50 bits per heavy atom. The first-order valence-corrected chi connectivity index (χ1v) is 3.74. The van der Waals surface area contributed by atoms with Gasteiger partial charge in [-0.25, -0.2) is 0 Å². The van der Waals surface area contributed by atoms with Crippen LogP contribution in [0.1, 0.15) is 13.3 Å². The fourth-order valence-electron chi connectivity index (χ4n) is 0.572. The van der Waals surface area contributed by atoms with Crippen LogP contribution in [0.4, 0.5) is 0 Å². The number of hydrogen-bond acceptors (Lipinski definition) is 3. The SMILES string of the molecule is CNC(=O)CCNC(=O)C(C)O. The van der Waals surface area contributed by atoms with Crippen LogP contribution in [0.5, 0.6) is 0 Å². The largest absolute Gasteiger partial charge is 0.384 e. The summed E-state index contributed by atoms with van der Waals surface area (Å²) in [5.74, 6) is -0.597. The second-order valence-electron chi connectivity index (χ2n) is 2.39. The molecular weight excluding hydrogens is 160 g/mol. The van der Waals surface area contributed by atoms with Crippen molar-refractivity contribution in [1.29, 1.82) is 0 Å². The summed E-state index contributed by atoms with van der Waals surface area (Å²) in [4.78, 5) is 21.4. The van der Waals surface area contributed by atoms with Gasteiger partial charge in [0.2, 0.25) is 11.8 Å². The number of aliphatic hydroxyl groups is 1. The molecule has 0 saturated carbocycles. The molecule has 0 aliphatic heterocycles. The van der Waals surface area contributed by atoms with E-state index in [1.54, 1.807) is 0 Å². The van der Waals surface area contributed by atoms with E-state index in [-0.39, 0.29) is 18.9 Å². The third-order valence-corrected chi connectivity index (χ3v) is 1.31. The van der Waals surface area contributed by atoms with E-state index in [0.717, 1.165) is 0 Å². The minimum absolute atomic E-state index is 0.138. The Balaban J connectivity index is 3.44. The van der Waals surface area contributed by atoms with Gasteiger partial charge in [-0.2, -0.15) is 0 Å². The van der Waals surface area contributed by atoms with Crippen LogP contribution in [0.2, 0.25) is 0 Å². The number of carbonyl (C=O) groups is 2. The van der Waals surface area contributed by atoms with Gasteiger partial charge in [0.1, 0.15) is 6.10 Å². The fraction of sp³-hybridized carbons (Fsp3) is 0.714. The summed E-state index contributed by atoms with van der Waals surface area (Å²) in [6.07, 6.45) is -0.788. The highest BCUT2D eigenvalue weighted by atomic mass is 16.3. The van der Waals surface area contributed by atoms with E-state index in [1.165, 1.54) is 14.0 Å². The summed E-state index contributed by atoms with van der Waals surface area (Å²) in [6.45, 7) is 1.62. The highest BCUT2D eigenvalue weighted by Crippen LogP contribution is 1.80. The van der Waals surface area contributed by atoms with Crippen LogP contribution in [-0.4, -0.2) is 36.6 Å². The van der Waals surface area contributed by atoms with Crippen molar-refractivity contribution in [1.82, 2.24) is 10.6 Å². The van der Waals surface area contributed by atoms with Gasteiger partial charge in [0.05, 0.1) is 0 Å². The topological polar surface area (TPSA) is 78.4 Å². The molecule has 3 N–H and O–H groups in total. The lowest BCUT2D eigenvalue weighted by Gasteiger charge is -2.05. The van der Waals surface area contributed by atoms with Crippen molar-refractivity contribution in [3.05, 3.63) is 0 Å².